The molecule has 1 saturated carbocycles. The van der Waals surface area contributed by atoms with Gasteiger partial charge in [0.15, 0.2) is 5.03 Å². The molecule has 1 aromatic rings. The molecular formula is C15H22N4O3S. The normalized spacial score (nSPS) is 25.5. The van der Waals surface area contributed by atoms with E-state index in [0.29, 0.717) is 17.5 Å². The van der Waals surface area contributed by atoms with Crippen LogP contribution in [-0.4, -0.2) is 56.4 Å². The van der Waals surface area contributed by atoms with Crippen molar-refractivity contribution in [2.75, 3.05) is 20.1 Å². The molecule has 0 spiro atoms. The first-order chi connectivity index (χ1) is 10.9. The third kappa shape index (κ3) is 3.54. The SMILES string of the molecule is CNS(=O)(=O)c1ccc(C(=O)NC2CN(C3CC3)CC2C)cn1. The summed E-state index contributed by atoms with van der Waals surface area (Å²) in [6.07, 6.45) is 3.83. The highest BCUT2D eigenvalue weighted by molar-refractivity contribution is 7.89. The molecule has 0 radical (unpaired) electrons. The lowest BCUT2D eigenvalue weighted by Gasteiger charge is -2.17. The zero-order chi connectivity index (χ0) is 16.6. The van der Waals surface area contributed by atoms with Crippen LogP contribution in [0.2, 0.25) is 0 Å². The number of pyridine rings is 1. The summed E-state index contributed by atoms with van der Waals surface area (Å²) in [5.41, 5.74) is 0.372. The van der Waals surface area contributed by atoms with E-state index in [1.165, 1.54) is 38.2 Å². The van der Waals surface area contributed by atoms with Crippen molar-refractivity contribution in [1.82, 2.24) is 19.9 Å². The van der Waals surface area contributed by atoms with Gasteiger partial charge in [-0.25, -0.2) is 18.1 Å². The molecule has 7 nitrogen and oxygen atoms in total. The van der Waals surface area contributed by atoms with Crippen molar-refractivity contribution in [3.63, 3.8) is 0 Å². The number of nitrogens with zero attached hydrogens (tertiary/aromatic N) is 2. The van der Waals surface area contributed by atoms with Gasteiger partial charge in [0.05, 0.1) is 5.56 Å². The van der Waals surface area contributed by atoms with Gasteiger partial charge in [0, 0.05) is 31.4 Å². The maximum absolute atomic E-state index is 12.3. The topological polar surface area (TPSA) is 91.4 Å². The molecule has 3 rings (SSSR count). The molecule has 2 heterocycles. The van der Waals surface area contributed by atoms with Crippen molar-refractivity contribution in [2.45, 2.75) is 36.9 Å². The van der Waals surface area contributed by atoms with Gasteiger partial charge in [0.1, 0.15) is 0 Å². The van der Waals surface area contributed by atoms with Gasteiger partial charge in [-0.3, -0.25) is 9.69 Å². The summed E-state index contributed by atoms with van der Waals surface area (Å²) in [5.74, 6) is 0.205. The molecule has 23 heavy (non-hydrogen) atoms. The molecule has 2 atom stereocenters. The summed E-state index contributed by atoms with van der Waals surface area (Å²) in [5, 5.41) is 2.95. The van der Waals surface area contributed by atoms with Crippen molar-refractivity contribution in [3.05, 3.63) is 23.9 Å². The number of carbonyl (C=O) groups is 1. The maximum atomic E-state index is 12.3. The number of carbonyl (C=O) groups excluding carboxylic acids is 1. The average molecular weight is 338 g/mol. The van der Waals surface area contributed by atoms with Crippen LogP contribution in [0.3, 0.4) is 0 Å². The third-order valence-corrected chi connectivity index (χ3v) is 5.89. The minimum Gasteiger partial charge on any atom is -0.348 e. The lowest BCUT2D eigenvalue weighted by atomic mass is 10.1. The van der Waals surface area contributed by atoms with E-state index in [-0.39, 0.29) is 17.0 Å². The van der Waals surface area contributed by atoms with Crippen molar-refractivity contribution in [3.8, 4) is 0 Å². The Balaban J connectivity index is 1.64. The van der Waals surface area contributed by atoms with Gasteiger partial charge >= 0.3 is 0 Å². The van der Waals surface area contributed by atoms with Gasteiger partial charge in [-0.2, -0.15) is 0 Å². The fourth-order valence-electron chi connectivity index (χ4n) is 2.96. The van der Waals surface area contributed by atoms with Crippen LogP contribution in [0.4, 0.5) is 0 Å². The van der Waals surface area contributed by atoms with Gasteiger partial charge in [-0.15, -0.1) is 0 Å². The molecule has 0 aromatic carbocycles. The fourth-order valence-corrected chi connectivity index (χ4v) is 3.61. The minimum atomic E-state index is -3.58. The van der Waals surface area contributed by atoms with E-state index >= 15 is 0 Å². The van der Waals surface area contributed by atoms with Crippen LogP contribution in [0.15, 0.2) is 23.4 Å². The number of nitrogens with one attached hydrogen (secondary N) is 2. The molecule has 1 aliphatic carbocycles. The van der Waals surface area contributed by atoms with Gasteiger partial charge in [-0.1, -0.05) is 6.92 Å². The first kappa shape index (κ1) is 16.4. The Bertz CT molecular complexity index is 685. The summed E-state index contributed by atoms with van der Waals surface area (Å²) in [6.45, 7) is 4.05. The van der Waals surface area contributed by atoms with Gasteiger partial charge in [0.25, 0.3) is 15.9 Å². The molecule has 8 heteroatoms. The summed E-state index contributed by atoms with van der Waals surface area (Å²) < 4.78 is 25.5. The third-order valence-electron chi connectivity index (χ3n) is 4.56. The number of rotatable bonds is 5. The van der Waals surface area contributed by atoms with Crippen LogP contribution in [0.25, 0.3) is 0 Å². The standard InChI is InChI=1S/C15H22N4O3S/c1-10-8-19(12-4-5-12)9-13(10)18-15(20)11-3-6-14(17-7-11)23(21,22)16-2/h3,6-7,10,12-13,16H,4-5,8-9H2,1-2H3,(H,18,20). The Kier molecular flexibility index (Phi) is 4.39. The zero-order valence-corrected chi connectivity index (χ0v) is 14.1. The highest BCUT2D eigenvalue weighted by Gasteiger charge is 2.38. The number of likely N-dealkylation sites (tertiary alicyclic amines) is 1. The number of hydrogen-bond donors (Lipinski definition) is 2. The largest absolute Gasteiger partial charge is 0.348 e. The number of aromatic nitrogens is 1. The van der Waals surface area contributed by atoms with Crippen molar-refractivity contribution in [1.29, 1.82) is 0 Å². The van der Waals surface area contributed by atoms with Gasteiger partial charge in [-0.05, 0) is 37.9 Å². The van der Waals surface area contributed by atoms with Gasteiger partial charge < -0.3 is 5.32 Å². The molecule has 2 fully saturated rings. The molecule has 126 valence electrons. The van der Waals surface area contributed by atoms with E-state index in [9.17, 15) is 13.2 Å². The quantitative estimate of drug-likeness (QED) is 0.800. The van der Waals surface area contributed by atoms with E-state index in [4.69, 9.17) is 0 Å². The number of amides is 1. The Morgan fingerprint density at radius 2 is 2.04 bits per heavy atom. The monoisotopic (exact) mass is 338 g/mol. The van der Waals surface area contributed by atoms with E-state index in [0.717, 1.165) is 13.1 Å². The smallest absolute Gasteiger partial charge is 0.257 e. The van der Waals surface area contributed by atoms with Crippen molar-refractivity contribution >= 4 is 15.9 Å². The second-order valence-corrected chi connectivity index (χ2v) is 8.17. The molecule has 2 aliphatic rings. The first-order valence-electron chi connectivity index (χ1n) is 7.85. The average Bonchev–Trinajstić information content (AvgIpc) is 3.33. The predicted octanol–water partition coefficient (Wildman–Crippen LogP) is 0.202. The molecule has 0 bridgehead atoms. The summed E-state index contributed by atoms with van der Waals surface area (Å²) >= 11 is 0. The second-order valence-electron chi connectivity index (χ2n) is 6.33. The minimum absolute atomic E-state index is 0.0920. The Labute approximate surface area is 136 Å². The van der Waals surface area contributed by atoms with E-state index in [1.54, 1.807) is 0 Å². The zero-order valence-electron chi connectivity index (χ0n) is 13.3. The van der Waals surface area contributed by atoms with E-state index in [1.807, 2.05) is 0 Å². The summed E-state index contributed by atoms with van der Waals surface area (Å²) in [6, 6.07) is 3.66. The van der Waals surface area contributed by atoms with Crippen LogP contribution in [0.5, 0.6) is 0 Å². The maximum Gasteiger partial charge on any atom is 0.257 e. The van der Waals surface area contributed by atoms with E-state index < -0.39 is 10.0 Å². The molecule has 1 amide bonds. The first-order valence-corrected chi connectivity index (χ1v) is 9.33. The number of hydrogen-bond acceptors (Lipinski definition) is 5. The molecule has 1 aromatic heterocycles. The summed E-state index contributed by atoms with van der Waals surface area (Å²) in [7, 11) is -2.26. The Morgan fingerprint density at radius 3 is 2.61 bits per heavy atom. The van der Waals surface area contributed by atoms with Crippen LogP contribution in [0.1, 0.15) is 30.1 Å². The van der Waals surface area contributed by atoms with Crippen LogP contribution >= 0.6 is 0 Å². The van der Waals surface area contributed by atoms with Crippen molar-refractivity contribution < 1.29 is 13.2 Å². The van der Waals surface area contributed by atoms with Crippen LogP contribution < -0.4 is 10.0 Å². The molecule has 2 unspecified atom stereocenters. The Morgan fingerprint density at radius 1 is 1.30 bits per heavy atom. The highest BCUT2D eigenvalue weighted by Crippen LogP contribution is 2.31. The lowest BCUT2D eigenvalue weighted by Crippen LogP contribution is -2.40. The Hall–Kier alpha value is -1.51. The molecular weight excluding hydrogens is 316 g/mol. The molecule has 1 saturated heterocycles. The predicted molar refractivity (Wildman–Crippen MR) is 85.5 cm³/mol. The molecule has 1 aliphatic heterocycles. The highest BCUT2D eigenvalue weighted by atomic mass is 32.2. The second kappa shape index (κ2) is 6.18. The van der Waals surface area contributed by atoms with Crippen LogP contribution in [0, 0.1) is 5.92 Å². The lowest BCUT2D eigenvalue weighted by molar-refractivity contribution is 0.0930. The molecule has 2 N–H and O–H groups in total. The van der Waals surface area contributed by atoms with Crippen LogP contribution in [-0.2, 0) is 10.0 Å². The number of sulfonamides is 1. The van der Waals surface area contributed by atoms with Crippen molar-refractivity contribution in [2.24, 2.45) is 5.92 Å². The fraction of sp³-hybridized carbons (Fsp3) is 0.600. The van der Waals surface area contributed by atoms with E-state index in [2.05, 4.69) is 26.8 Å². The summed E-state index contributed by atoms with van der Waals surface area (Å²) in [4.78, 5) is 18.6. The van der Waals surface area contributed by atoms with Gasteiger partial charge in [0.2, 0.25) is 0 Å².